The Labute approximate surface area is 120 Å². The van der Waals surface area contributed by atoms with Crippen molar-refractivity contribution in [3.05, 3.63) is 29.8 Å². The smallest absolute Gasteiger partial charge is 0.303 e. The van der Waals surface area contributed by atoms with E-state index in [0.29, 0.717) is 5.69 Å². The highest BCUT2D eigenvalue weighted by Gasteiger charge is 2.20. The maximum absolute atomic E-state index is 12.0. The van der Waals surface area contributed by atoms with Crippen molar-refractivity contribution in [2.45, 2.75) is 39.0 Å². The molecule has 0 atom stereocenters. The third kappa shape index (κ3) is 5.21. The molecule has 20 heavy (non-hydrogen) atoms. The number of carboxylic acid groups (broad SMARTS) is 1. The summed E-state index contributed by atoms with van der Waals surface area (Å²) >= 11 is 0. The number of para-hydroxylation sites is 1. The molecular formula is C14H21NO4S. The largest absolute Gasteiger partial charge is 0.481 e. The first-order valence-corrected chi connectivity index (χ1v) is 8.09. The van der Waals surface area contributed by atoms with Crippen LogP contribution in [-0.2, 0) is 20.2 Å². The second kappa shape index (κ2) is 6.26. The summed E-state index contributed by atoms with van der Waals surface area (Å²) < 4.78 is 26.5. The first kappa shape index (κ1) is 16.5. The molecule has 0 aliphatic rings. The van der Waals surface area contributed by atoms with Crippen LogP contribution in [-0.4, -0.2) is 25.2 Å². The molecule has 0 saturated carbocycles. The Morgan fingerprint density at radius 1 is 1.25 bits per heavy atom. The van der Waals surface area contributed by atoms with Gasteiger partial charge in [-0.2, -0.15) is 0 Å². The normalized spacial score (nSPS) is 12.2. The van der Waals surface area contributed by atoms with Crippen molar-refractivity contribution < 1.29 is 18.3 Å². The lowest BCUT2D eigenvalue weighted by molar-refractivity contribution is -0.137. The standard InChI is InChI=1S/C14H21NO4S/c1-14(2,3)11-7-4-5-8-12(11)15-20(18,19)10-6-9-13(16)17/h4-5,7-8,15H,6,9-10H2,1-3H3,(H,16,17). The van der Waals surface area contributed by atoms with Gasteiger partial charge in [0, 0.05) is 6.42 Å². The third-order valence-electron chi connectivity index (χ3n) is 2.80. The zero-order valence-corrected chi connectivity index (χ0v) is 12.8. The lowest BCUT2D eigenvalue weighted by Crippen LogP contribution is -2.21. The first-order valence-electron chi connectivity index (χ1n) is 6.43. The van der Waals surface area contributed by atoms with Gasteiger partial charge in [0.25, 0.3) is 0 Å². The maximum Gasteiger partial charge on any atom is 0.303 e. The van der Waals surface area contributed by atoms with Crippen LogP contribution in [0.25, 0.3) is 0 Å². The predicted molar refractivity (Wildman–Crippen MR) is 79.4 cm³/mol. The molecule has 0 amide bonds. The minimum absolute atomic E-state index is 0.0996. The molecule has 1 aromatic rings. The molecule has 0 unspecified atom stereocenters. The van der Waals surface area contributed by atoms with Crippen LogP contribution in [0.5, 0.6) is 0 Å². The number of benzene rings is 1. The molecule has 0 aliphatic carbocycles. The van der Waals surface area contributed by atoms with Gasteiger partial charge in [-0.3, -0.25) is 9.52 Å². The summed E-state index contributed by atoms with van der Waals surface area (Å²) in [5.74, 6) is -1.19. The summed E-state index contributed by atoms with van der Waals surface area (Å²) in [5, 5.41) is 8.54. The van der Waals surface area contributed by atoms with E-state index in [1.54, 1.807) is 12.1 Å². The summed E-state index contributed by atoms with van der Waals surface area (Å²) in [6, 6.07) is 7.23. The number of carboxylic acids is 1. The average Bonchev–Trinajstić information content (AvgIpc) is 2.26. The summed E-state index contributed by atoms with van der Waals surface area (Å²) in [5.41, 5.74) is 1.28. The van der Waals surface area contributed by atoms with E-state index in [9.17, 15) is 13.2 Å². The Kier molecular flexibility index (Phi) is 5.16. The minimum Gasteiger partial charge on any atom is -0.481 e. The van der Waals surface area contributed by atoms with Crippen molar-refractivity contribution >= 4 is 21.7 Å². The monoisotopic (exact) mass is 299 g/mol. The number of hydrogen-bond acceptors (Lipinski definition) is 3. The predicted octanol–water partition coefficient (Wildman–Crippen LogP) is 2.59. The molecule has 1 rings (SSSR count). The molecule has 1 aromatic carbocycles. The SMILES string of the molecule is CC(C)(C)c1ccccc1NS(=O)(=O)CCCC(=O)O. The number of hydrogen-bond donors (Lipinski definition) is 2. The highest BCUT2D eigenvalue weighted by atomic mass is 32.2. The van der Waals surface area contributed by atoms with Gasteiger partial charge in [-0.25, -0.2) is 8.42 Å². The molecule has 0 bridgehead atoms. The quantitative estimate of drug-likeness (QED) is 0.845. The fourth-order valence-electron chi connectivity index (χ4n) is 1.86. The minimum atomic E-state index is -3.53. The molecule has 0 spiro atoms. The van der Waals surface area contributed by atoms with Gasteiger partial charge in [-0.05, 0) is 23.5 Å². The molecule has 112 valence electrons. The van der Waals surface area contributed by atoms with E-state index in [0.717, 1.165) is 5.56 Å². The van der Waals surface area contributed by atoms with Crippen molar-refractivity contribution in [2.75, 3.05) is 10.5 Å². The van der Waals surface area contributed by atoms with Crippen molar-refractivity contribution in [2.24, 2.45) is 0 Å². The van der Waals surface area contributed by atoms with E-state index in [-0.39, 0.29) is 24.0 Å². The number of nitrogens with one attached hydrogen (secondary N) is 1. The maximum atomic E-state index is 12.0. The van der Waals surface area contributed by atoms with Gasteiger partial charge in [0.2, 0.25) is 10.0 Å². The van der Waals surface area contributed by atoms with Crippen LogP contribution in [0.1, 0.15) is 39.2 Å². The van der Waals surface area contributed by atoms with E-state index in [2.05, 4.69) is 4.72 Å². The van der Waals surface area contributed by atoms with E-state index >= 15 is 0 Å². The van der Waals surface area contributed by atoms with Crippen LogP contribution in [0.2, 0.25) is 0 Å². The van der Waals surface area contributed by atoms with Gasteiger partial charge in [-0.15, -0.1) is 0 Å². The lowest BCUT2D eigenvalue weighted by atomic mass is 9.86. The molecule has 0 radical (unpaired) electrons. The zero-order chi connectivity index (χ0) is 15.4. The van der Waals surface area contributed by atoms with Crippen molar-refractivity contribution in [3.8, 4) is 0 Å². The summed E-state index contributed by atoms with van der Waals surface area (Å²) in [4.78, 5) is 10.4. The zero-order valence-electron chi connectivity index (χ0n) is 12.0. The van der Waals surface area contributed by atoms with Gasteiger partial charge in [0.1, 0.15) is 0 Å². The number of anilines is 1. The van der Waals surface area contributed by atoms with E-state index in [1.165, 1.54) is 0 Å². The highest BCUT2D eigenvalue weighted by Crippen LogP contribution is 2.29. The molecule has 0 aromatic heterocycles. The van der Waals surface area contributed by atoms with E-state index in [1.807, 2.05) is 32.9 Å². The Hall–Kier alpha value is -1.56. The molecular weight excluding hydrogens is 278 g/mol. The van der Waals surface area contributed by atoms with Crippen LogP contribution in [0.15, 0.2) is 24.3 Å². The van der Waals surface area contributed by atoms with Crippen molar-refractivity contribution in [3.63, 3.8) is 0 Å². The molecule has 0 heterocycles. The Morgan fingerprint density at radius 3 is 2.40 bits per heavy atom. The molecule has 0 fully saturated rings. The van der Waals surface area contributed by atoms with Crippen LogP contribution >= 0.6 is 0 Å². The van der Waals surface area contributed by atoms with Crippen molar-refractivity contribution in [1.29, 1.82) is 0 Å². The number of sulfonamides is 1. The number of aliphatic carboxylic acids is 1. The Balaban J connectivity index is 2.85. The summed E-state index contributed by atoms with van der Waals surface area (Å²) in [6.07, 6.45) is -0.0514. The molecule has 2 N–H and O–H groups in total. The Morgan fingerprint density at radius 2 is 1.85 bits per heavy atom. The van der Waals surface area contributed by atoms with Crippen LogP contribution < -0.4 is 4.72 Å². The topological polar surface area (TPSA) is 83.5 Å². The first-order chi connectivity index (χ1) is 9.12. The molecule has 0 saturated heterocycles. The fourth-order valence-corrected chi connectivity index (χ4v) is 3.00. The fraction of sp³-hybridized carbons (Fsp3) is 0.500. The van der Waals surface area contributed by atoms with Crippen LogP contribution in [0, 0.1) is 0 Å². The molecule has 0 aliphatic heterocycles. The second-order valence-corrected chi connectivity index (χ2v) is 7.56. The van der Waals surface area contributed by atoms with Gasteiger partial charge in [-0.1, -0.05) is 39.0 Å². The number of carbonyl (C=O) groups is 1. The van der Waals surface area contributed by atoms with Crippen molar-refractivity contribution in [1.82, 2.24) is 0 Å². The molecule has 5 nitrogen and oxygen atoms in total. The van der Waals surface area contributed by atoms with Crippen LogP contribution in [0.3, 0.4) is 0 Å². The van der Waals surface area contributed by atoms with Gasteiger partial charge >= 0.3 is 5.97 Å². The van der Waals surface area contributed by atoms with Gasteiger partial charge < -0.3 is 5.11 Å². The lowest BCUT2D eigenvalue weighted by Gasteiger charge is -2.23. The summed E-state index contributed by atoms with van der Waals surface area (Å²) in [7, 11) is -3.53. The summed E-state index contributed by atoms with van der Waals surface area (Å²) in [6.45, 7) is 6.01. The van der Waals surface area contributed by atoms with E-state index < -0.39 is 16.0 Å². The highest BCUT2D eigenvalue weighted by molar-refractivity contribution is 7.92. The van der Waals surface area contributed by atoms with Crippen LogP contribution in [0.4, 0.5) is 5.69 Å². The Bertz CT molecular complexity index is 573. The van der Waals surface area contributed by atoms with Gasteiger partial charge in [0.05, 0.1) is 11.4 Å². The van der Waals surface area contributed by atoms with Gasteiger partial charge in [0.15, 0.2) is 0 Å². The van der Waals surface area contributed by atoms with E-state index in [4.69, 9.17) is 5.11 Å². The third-order valence-corrected chi connectivity index (χ3v) is 4.16. The molecule has 6 heteroatoms. The number of rotatable bonds is 6. The second-order valence-electron chi connectivity index (χ2n) is 5.71. The average molecular weight is 299 g/mol.